The molecule has 0 amide bonds. The molecule has 3 aromatic rings. The Balaban J connectivity index is 1.44. The smallest absolute Gasteiger partial charge is 0.333 e. The van der Waals surface area contributed by atoms with Crippen LogP contribution in [-0.2, 0) is 26.2 Å². The maximum Gasteiger partial charge on any atom is 0.333 e. The summed E-state index contributed by atoms with van der Waals surface area (Å²) in [5.41, 5.74) is 6.30. The number of fused-ring (bicyclic) bond motifs is 1. The fourth-order valence-corrected chi connectivity index (χ4v) is 4.99. The summed E-state index contributed by atoms with van der Waals surface area (Å²) in [5, 5.41) is 13.7. The SMILES string of the molecule is CCOC(Cc1ccc(OCCN2CCC(C)(C)c3cc(/C(=N/OC)c4ccccc4)ccc32)cc1)C(=O)O. The number of hydrogen-bond acceptors (Lipinski definition) is 6. The van der Waals surface area contributed by atoms with Crippen molar-refractivity contribution in [3.05, 3.63) is 95.1 Å². The van der Waals surface area contributed by atoms with Crippen molar-refractivity contribution in [2.75, 3.05) is 38.3 Å². The minimum absolute atomic E-state index is 0.0305. The maximum atomic E-state index is 11.4. The largest absolute Gasteiger partial charge is 0.492 e. The molecule has 1 N–H and O–H groups in total. The van der Waals surface area contributed by atoms with Crippen LogP contribution in [0.4, 0.5) is 5.69 Å². The van der Waals surface area contributed by atoms with Gasteiger partial charge in [-0.05, 0) is 54.2 Å². The van der Waals surface area contributed by atoms with Gasteiger partial charge in [0, 0.05) is 36.4 Å². The molecule has 7 nitrogen and oxygen atoms in total. The van der Waals surface area contributed by atoms with Crippen molar-refractivity contribution in [2.45, 2.75) is 45.1 Å². The number of anilines is 1. The first-order valence-corrected chi connectivity index (χ1v) is 13.4. The van der Waals surface area contributed by atoms with Gasteiger partial charge in [0.15, 0.2) is 6.10 Å². The average Bonchev–Trinajstić information content (AvgIpc) is 2.94. The summed E-state index contributed by atoms with van der Waals surface area (Å²) in [6.45, 7) is 9.00. The van der Waals surface area contributed by atoms with Crippen LogP contribution in [0.5, 0.6) is 5.75 Å². The Hall–Kier alpha value is -3.84. The summed E-state index contributed by atoms with van der Waals surface area (Å²) in [5.74, 6) is -0.185. The maximum absolute atomic E-state index is 11.4. The standard InChI is InChI=1S/C32H38N2O5/c1-5-38-29(31(35)36)21-23-11-14-26(15-12-23)39-20-19-34-18-17-32(2,3)27-22-25(13-16-28(27)34)30(33-37-4)24-9-7-6-8-10-24/h6-16,22,29H,5,17-21H2,1-4H3,(H,35,36)/b33-30+. The highest BCUT2D eigenvalue weighted by molar-refractivity contribution is 6.13. The van der Waals surface area contributed by atoms with Crippen LogP contribution in [0.25, 0.3) is 0 Å². The lowest BCUT2D eigenvalue weighted by molar-refractivity contribution is -0.149. The highest BCUT2D eigenvalue weighted by Crippen LogP contribution is 2.40. The van der Waals surface area contributed by atoms with Gasteiger partial charge in [-0.1, -0.05) is 67.5 Å². The van der Waals surface area contributed by atoms with Crippen molar-refractivity contribution in [1.29, 1.82) is 0 Å². The molecule has 0 radical (unpaired) electrons. The molecule has 1 atom stereocenters. The molecular weight excluding hydrogens is 492 g/mol. The molecule has 0 fully saturated rings. The molecule has 1 aliphatic rings. The summed E-state index contributed by atoms with van der Waals surface area (Å²) < 4.78 is 11.4. The van der Waals surface area contributed by atoms with Crippen LogP contribution < -0.4 is 9.64 Å². The number of carboxylic acids is 1. The summed E-state index contributed by atoms with van der Waals surface area (Å²) in [6, 6.07) is 24.2. The molecule has 0 saturated heterocycles. The Kier molecular flexibility index (Phi) is 9.25. The van der Waals surface area contributed by atoms with Gasteiger partial charge in [-0.15, -0.1) is 0 Å². The van der Waals surface area contributed by atoms with E-state index in [-0.39, 0.29) is 5.41 Å². The van der Waals surface area contributed by atoms with Gasteiger partial charge in [-0.2, -0.15) is 0 Å². The number of ether oxygens (including phenoxy) is 2. The van der Waals surface area contributed by atoms with E-state index in [1.165, 1.54) is 11.3 Å². The Labute approximate surface area is 231 Å². The second kappa shape index (κ2) is 12.8. The van der Waals surface area contributed by atoms with Gasteiger partial charge in [0.25, 0.3) is 0 Å². The van der Waals surface area contributed by atoms with Gasteiger partial charge in [0.05, 0.1) is 6.54 Å². The van der Waals surface area contributed by atoms with E-state index in [9.17, 15) is 9.90 Å². The van der Waals surface area contributed by atoms with Crippen LogP contribution in [-0.4, -0.2) is 56.3 Å². The molecule has 1 heterocycles. The summed E-state index contributed by atoms with van der Waals surface area (Å²) in [4.78, 5) is 18.9. The van der Waals surface area contributed by atoms with Crippen molar-refractivity contribution < 1.29 is 24.2 Å². The van der Waals surface area contributed by atoms with Crippen LogP contribution >= 0.6 is 0 Å². The third kappa shape index (κ3) is 6.98. The van der Waals surface area contributed by atoms with Gasteiger partial charge < -0.3 is 24.3 Å². The highest BCUT2D eigenvalue weighted by atomic mass is 16.6. The number of hydrogen-bond donors (Lipinski definition) is 1. The fraction of sp³-hybridized carbons (Fsp3) is 0.375. The lowest BCUT2D eigenvalue weighted by Crippen LogP contribution is -2.39. The second-order valence-electron chi connectivity index (χ2n) is 10.3. The summed E-state index contributed by atoms with van der Waals surface area (Å²) >= 11 is 0. The van der Waals surface area contributed by atoms with E-state index in [4.69, 9.17) is 14.3 Å². The Bertz CT molecular complexity index is 1270. The average molecular weight is 531 g/mol. The zero-order valence-corrected chi connectivity index (χ0v) is 23.2. The molecule has 0 aromatic heterocycles. The van der Waals surface area contributed by atoms with Gasteiger partial charge in [0.2, 0.25) is 0 Å². The van der Waals surface area contributed by atoms with Crippen molar-refractivity contribution in [3.63, 3.8) is 0 Å². The summed E-state index contributed by atoms with van der Waals surface area (Å²) in [6.07, 6.45) is 0.521. The van der Waals surface area contributed by atoms with Gasteiger partial charge in [-0.25, -0.2) is 4.79 Å². The van der Waals surface area contributed by atoms with Crippen molar-refractivity contribution >= 4 is 17.4 Å². The quantitative estimate of drug-likeness (QED) is 0.240. The van der Waals surface area contributed by atoms with E-state index in [1.54, 1.807) is 14.0 Å². The predicted octanol–water partition coefficient (Wildman–Crippen LogP) is 5.68. The fourth-order valence-electron chi connectivity index (χ4n) is 4.99. The summed E-state index contributed by atoms with van der Waals surface area (Å²) in [7, 11) is 1.58. The van der Waals surface area contributed by atoms with E-state index < -0.39 is 12.1 Å². The molecule has 0 aliphatic carbocycles. The lowest BCUT2D eigenvalue weighted by Gasteiger charge is -2.40. The molecule has 0 spiro atoms. The van der Waals surface area contributed by atoms with Gasteiger partial charge in [0.1, 0.15) is 25.2 Å². The third-order valence-electron chi connectivity index (χ3n) is 7.19. The van der Waals surface area contributed by atoms with Crippen LogP contribution in [0, 0.1) is 0 Å². The number of nitrogens with zero attached hydrogens (tertiary/aromatic N) is 2. The first kappa shape index (κ1) is 28.2. The van der Waals surface area contributed by atoms with Gasteiger partial charge >= 0.3 is 5.97 Å². The molecule has 206 valence electrons. The van der Waals surface area contributed by atoms with Gasteiger partial charge in [-0.3, -0.25) is 0 Å². The van der Waals surface area contributed by atoms with E-state index in [0.717, 1.165) is 47.7 Å². The monoisotopic (exact) mass is 530 g/mol. The molecule has 3 aromatic carbocycles. The molecule has 1 aliphatic heterocycles. The number of rotatable bonds is 12. The predicted molar refractivity (Wildman–Crippen MR) is 154 cm³/mol. The normalized spacial score (nSPS) is 15.4. The number of aliphatic carboxylic acids is 1. The lowest BCUT2D eigenvalue weighted by atomic mass is 9.76. The molecule has 4 rings (SSSR count). The van der Waals surface area contributed by atoms with Crippen molar-refractivity contribution in [3.8, 4) is 5.75 Å². The van der Waals surface area contributed by atoms with Crippen LogP contribution in [0.2, 0.25) is 0 Å². The topological polar surface area (TPSA) is 80.6 Å². The molecule has 39 heavy (non-hydrogen) atoms. The number of oxime groups is 1. The molecule has 1 unspecified atom stereocenters. The minimum atomic E-state index is -0.948. The van der Waals surface area contributed by atoms with Crippen LogP contribution in [0.15, 0.2) is 78.0 Å². The number of carbonyl (C=O) groups is 1. The number of benzene rings is 3. The van der Waals surface area contributed by atoms with Crippen LogP contribution in [0.1, 0.15) is 49.4 Å². The zero-order valence-electron chi connectivity index (χ0n) is 23.2. The first-order chi connectivity index (χ1) is 18.8. The second-order valence-corrected chi connectivity index (χ2v) is 10.3. The van der Waals surface area contributed by atoms with Crippen LogP contribution in [0.3, 0.4) is 0 Å². The number of carboxylic acid groups (broad SMARTS) is 1. The molecule has 0 bridgehead atoms. The molecular formula is C32H38N2O5. The van der Waals surface area contributed by atoms with E-state index in [1.807, 2.05) is 54.6 Å². The first-order valence-electron chi connectivity index (χ1n) is 13.4. The third-order valence-corrected chi connectivity index (χ3v) is 7.19. The zero-order chi connectivity index (χ0) is 27.8. The van der Waals surface area contributed by atoms with E-state index >= 15 is 0 Å². The Morgan fingerprint density at radius 1 is 1.05 bits per heavy atom. The Morgan fingerprint density at radius 3 is 2.46 bits per heavy atom. The Morgan fingerprint density at radius 2 is 1.79 bits per heavy atom. The molecule has 0 saturated carbocycles. The molecule has 7 heteroatoms. The van der Waals surface area contributed by atoms with E-state index in [2.05, 4.69) is 42.1 Å². The van der Waals surface area contributed by atoms with Crippen molar-refractivity contribution in [2.24, 2.45) is 5.16 Å². The minimum Gasteiger partial charge on any atom is -0.492 e. The van der Waals surface area contributed by atoms with Crippen molar-refractivity contribution in [1.82, 2.24) is 0 Å². The highest BCUT2D eigenvalue weighted by Gasteiger charge is 2.32. The van der Waals surface area contributed by atoms with E-state index in [0.29, 0.717) is 19.6 Å².